The zero-order chi connectivity index (χ0) is 13.7. The number of nitrogens with zero attached hydrogens (tertiary/aromatic N) is 2. The van der Waals surface area contributed by atoms with Crippen LogP contribution in [-0.4, -0.2) is 29.2 Å². The molecule has 4 heteroatoms. The van der Waals surface area contributed by atoms with E-state index in [1.807, 2.05) is 6.92 Å². The molecular weight excluding hydrogens is 238 g/mol. The Morgan fingerprint density at radius 1 is 1.21 bits per heavy atom. The van der Waals surface area contributed by atoms with Crippen LogP contribution in [0.5, 0.6) is 0 Å². The molecule has 1 N–H and O–H groups in total. The van der Waals surface area contributed by atoms with E-state index in [-0.39, 0.29) is 0 Å². The van der Waals surface area contributed by atoms with E-state index in [4.69, 9.17) is 4.74 Å². The SMILES string of the molecule is CCOCc1nc(C)c(CCCNC2CC2)c(C)n1. The van der Waals surface area contributed by atoms with Crippen molar-refractivity contribution in [2.45, 2.75) is 59.1 Å². The molecule has 0 spiro atoms. The van der Waals surface area contributed by atoms with E-state index in [1.54, 1.807) is 0 Å². The number of aryl methyl sites for hydroxylation is 2. The van der Waals surface area contributed by atoms with E-state index < -0.39 is 0 Å². The van der Waals surface area contributed by atoms with Crippen LogP contribution in [0, 0.1) is 13.8 Å². The van der Waals surface area contributed by atoms with Gasteiger partial charge in [0.1, 0.15) is 6.61 Å². The Morgan fingerprint density at radius 3 is 2.47 bits per heavy atom. The van der Waals surface area contributed by atoms with Gasteiger partial charge in [-0.2, -0.15) is 0 Å². The van der Waals surface area contributed by atoms with Crippen LogP contribution in [-0.2, 0) is 17.8 Å². The van der Waals surface area contributed by atoms with Crippen molar-refractivity contribution in [2.24, 2.45) is 0 Å². The van der Waals surface area contributed by atoms with Crippen LogP contribution in [0.15, 0.2) is 0 Å². The van der Waals surface area contributed by atoms with Crippen molar-refractivity contribution in [3.05, 3.63) is 22.8 Å². The van der Waals surface area contributed by atoms with Gasteiger partial charge in [0.25, 0.3) is 0 Å². The maximum absolute atomic E-state index is 5.37. The standard InChI is InChI=1S/C15H25N3O/c1-4-19-10-15-17-11(2)14(12(3)18-15)6-5-9-16-13-7-8-13/h13,16H,4-10H2,1-3H3. The van der Waals surface area contributed by atoms with Crippen molar-refractivity contribution in [1.82, 2.24) is 15.3 Å². The van der Waals surface area contributed by atoms with Gasteiger partial charge in [0.05, 0.1) is 0 Å². The average Bonchev–Trinajstić information content (AvgIpc) is 3.18. The second-order valence-corrected chi connectivity index (χ2v) is 5.26. The summed E-state index contributed by atoms with van der Waals surface area (Å²) >= 11 is 0. The summed E-state index contributed by atoms with van der Waals surface area (Å²) in [4.78, 5) is 9.08. The molecule has 1 aromatic heterocycles. The topological polar surface area (TPSA) is 47.0 Å². The molecule has 0 aromatic carbocycles. The average molecular weight is 263 g/mol. The Kier molecular flexibility index (Phi) is 5.28. The molecule has 1 saturated carbocycles. The summed E-state index contributed by atoms with van der Waals surface area (Å²) in [5.41, 5.74) is 3.51. The molecule has 1 aromatic rings. The quantitative estimate of drug-likeness (QED) is 0.731. The molecule has 0 aliphatic heterocycles. The Hall–Kier alpha value is -1.00. The van der Waals surface area contributed by atoms with Gasteiger partial charge in [-0.1, -0.05) is 0 Å². The van der Waals surface area contributed by atoms with Gasteiger partial charge in [0.2, 0.25) is 0 Å². The lowest BCUT2D eigenvalue weighted by molar-refractivity contribution is 0.128. The number of rotatable bonds is 8. The third-order valence-electron chi connectivity index (χ3n) is 3.52. The fraction of sp³-hybridized carbons (Fsp3) is 0.733. The summed E-state index contributed by atoms with van der Waals surface area (Å²) < 4.78 is 5.37. The van der Waals surface area contributed by atoms with Gasteiger partial charge < -0.3 is 10.1 Å². The fourth-order valence-electron chi connectivity index (χ4n) is 2.29. The molecule has 0 saturated heterocycles. The van der Waals surface area contributed by atoms with Crippen molar-refractivity contribution in [1.29, 1.82) is 0 Å². The molecule has 1 aliphatic carbocycles. The van der Waals surface area contributed by atoms with Crippen LogP contribution in [0.25, 0.3) is 0 Å². The van der Waals surface area contributed by atoms with Gasteiger partial charge in [0, 0.05) is 24.0 Å². The summed E-state index contributed by atoms with van der Waals surface area (Å²) in [5.74, 6) is 0.803. The summed E-state index contributed by atoms with van der Waals surface area (Å²) in [7, 11) is 0. The first-order chi connectivity index (χ1) is 9.20. The third-order valence-corrected chi connectivity index (χ3v) is 3.52. The summed E-state index contributed by atoms with van der Waals surface area (Å²) in [5, 5.41) is 3.54. The van der Waals surface area contributed by atoms with Crippen LogP contribution in [0.3, 0.4) is 0 Å². The smallest absolute Gasteiger partial charge is 0.154 e. The van der Waals surface area contributed by atoms with E-state index in [0.717, 1.165) is 42.6 Å². The maximum atomic E-state index is 5.37. The molecule has 0 radical (unpaired) electrons. The van der Waals surface area contributed by atoms with E-state index in [0.29, 0.717) is 13.2 Å². The van der Waals surface area contributed by atoms with Crippen molar-refractivity contribution in [2.75, 3.05) is 13.2 Å². The second-order valence-electron chi connectivity index (χ2n) is 5.26. The highest BCUT2D eigenvalue weighted by molar-refractivity contribution is 5.24. The predicted octanol–water partition coefficient (Wildman–Crippen LogP) is 2.31. The molecule has 0 atom stereocenters. The predicted molar refractivity (Wildman–Crippen MR) is 76.2 cm³/mol. The Labute approximate surface area is 116 Å². The third kappa shape index (κ3) is 4.55. The molecular formula is C15H25N3O. The molecule has 0 bridgehead atoms. The van der Waals surface area contributed by atoms with Crippen LogP contribution >= 0.6 is 0 Å². The number of nitrogens with one attached hydrogen (secondary N) is 1. The van der Waals surface area contributed by atoms with Crippen molar-refractivity contribution < 1.29 is 4.74 Å². The lowest BCUT2D eigenvalue weighted by atomic mass is 10.1. The van der Waals surface area contributed by atoms with Crippen molar-refractivity contribution >= 4 is 0 Å². The van der Waals surface area contributed by atoms with E-state index >= 15 is 0 Å². The lowest BCUT2D eigenvalue weighted by Crippen LogP contribution is -2.18. The van der Waals surface area contributed by atoms with Crippen LogP contribution < -0.4 is 5.32 Å². The summed E-state index contributed by atoms with van der Waals surface area (Å²) in [6.45, 7) is 8.46. The molecule has 2 rings (SSSR count). The molecule has 4 nitrogen and oxygen atoms in total. The van der Waals surface area contributed by atoms with Crippen LogP contribution in [0.4, 0.5) is 0 Å². The normalized spacial score (nSPS) is 14.9. The van der Waals surface area contributed by atoms with E-state index in [9.17, 15) is 0 Å². The highest BCUT2D eigenvalue weighted by atomic mass is 16.5. The van der Waals surface area contributed by atoms with Crippen molar-refractivity contribution in [3.8, 4) is 0 Å². The Bertz CT molecular complexity index is 393. The molecule has 19 heavy (non-hydrogen) atoms. The van der Waals surface area contributed by atoms with E-state index in [1.165, 1.54) is 18.4 Å². The molecule has 0 amide bonds. The van der Waals surface area contributed by atoms with Gasteiger partial charge in [-0.3, -0.25) is 0 Å². The number of aromatic nitrogens is 2. The fourth-order valence-corrected chi connectivity index (χ4v) is 2.29. The Balaban J connectivity index is 1.87. The molecule has 0 unspecified atom stereocenters. The molecule has 1 aliphatic rings. The monoisotopic (exact) mass is 263 g/mol. The minimum Gasteiger partial charge on any atom is -0.374 e. The number of hydrogen-bond donors (Lipinski definition) is 1. The summed E-state index contributed by atoms with van der Waals surface area (Å²) in [6, 6.07) is 0.798. The minimum absolute atomic E-state index is 0.516. The van der Waals surface area contributed by atoms with Crippen LogP contribution in [0.1, 0.15) is 49.0 Å². The number of ether oxygens (including phenoxy) is 1. The second kappa shape index (κ2) is 6.96. The van der Waals surface area contributed by atoms with E-state index in [2.05, 4.69) is 29.1 Å². The summed E-state index contributed by atoms with van der Waals surface area (Å²) in [6.07, 6.45) is 4.93. The van der Waals surface area contributed by atoms with Gasteiger partial charge >= 0.3 is 0 Å². The van der Waals surface area contributed by atoms with Gasteiger partial charge in [-0.25, -0.2) is 9.97 Å². The lowest BCUT2D eigenvalue weighted by Gasteiger charge is -2.11. The van der Waals surface area contributed by atoms with Crippen LogP contribution in [0.2, 0.25) is 0 Å². The number of hydrogen-bond acceptors (Lipinski definition) is 4. The van der Waals surface area contributed by atoms with Crippen molar-refractivity contribution in [3.63, 3.8) is 0 Å². The first-order valence-corrected chi connectivity index (χ1v) is 7.34. The zero-order valence-electron chi connectivity index (χ0n) is 12.3. The van der Waals surface area contributed by atoms with Gasteiger partial charge in [0.15, 0.2) is 5.82 Å². The Morgan fingerprint density at radius 2 is 1.89 bits per heavy atom. The van der Waals surface area contributed by atoms with Gasteiger partial charge in [-0.05, 0) is 58.6 Å². The zero-order valence-corrected chi connectivity index (χ0v) is 12.3. The molecule has 1 fully saturated rings. The highest BCUT2D eigenvalue weighted by Crippen LogP contribution is 2.19. The molecule has 1 heterocycles. The van der Waals surface area contributed by atoms with Gasteiger partial charge in [-0.15, -0.1) is 0 Å². The largest absolute Gasteiger partial charge is 0.374 e. The first kappa shape index (κ1) is 14.4. The molecule has 106 valence electrons. The minimum atomic E-state index is 0.516. The highest BCUT2D eigenvalue weighted by Gasteiger charge is 2.19. The first-order valence-electron chi connectivity index (χ1n) is 7.34. The maximum Gasteiger partial charge on any atom is 0.154 e.